The van der Waals surface area contributed by atoms with Crippen molar-refractivity contribution in [2.24, 2.45) is 11.3 Å². The van der Waals surface area contributed by atoms with Gasteiger partial charge in [0.2, 0.25) is 0 Å². The molecule has 2 rings (SSSR count). The number of hydrogen-bond acceptors (Lipinski definition) is 4. The van der Waals surface area contributed by atoms with E-state index in [1.54, 1.807) is 12.1 Å². The topological polar surface area (TPSA) is 75.5 Å². The molecule has 2 aromatic carbocycles. The number of hydrogen-bond donors (Lipinski definition) is 3. The van der Waals surface area contributed by atoms with Gasteiger partial charge >= 0.3 is 0 Å². The van der Waals surface area contributed by atoms with Crippen LogP contribution < -0.4 is 16.6 Å². The van der Waals surface area contributed by atoms with Crippen molar-refractivity contribution < 1.29 is 5.11 Å². The number of aliphatic hydroxyl groups is 1. The Labute approximate surface area is 151 Å². The fraction of sp³-hybridized carbons (Fsp3) is 0.429. The van der Waals surface area contributed by atoms with E-state index < -0.39 is 0 Å². The summed E-state index contributed by atoms with van der Waals surface area (Å²) < 4.78 is 0. The van der Waals surface area contributed by atoms with Crippen LogP contribution in [0.2, 0.25) is 0 Å². The molecule has 2 aromatic rings. The summed E-state index contributed by atoms with van der Waals surface area (Å²) in [6, 6.07) is 10.5. The Kier molecular flexibility index (Phi) is 5.45. The van der Waals surface area contributed by atoms with E-state index in [-0.39, 0.29) is 17.9 Å². The van der Waals surface area contributed by atoms with Gasteiger partial charge in [-0.15, -0.1) is 0 Å². The Morgan fingerprint density at radius 2 is 1.76 bits per heavy atom. The molecule has 0 aliphatic rings. The zero-order valence-electron chi connectivity index (χ0n) is 16.2. The normalized spacial score (nSPS) is 13.0. The Bertz CT molecular complexity index is 760. The van der Waals surface area contributed by atoms with Crippen molar-refractivity contribution in [3.05, 3.63) is 58.1 Å². The molecule has 0 radical (unpaired) electrons. The minimum atomic E-state index is -0.00465. The van der Waals surface area contributed by atoms with E-state index in [1.807, 2.05) is 13.0 Å². The van der Waals surface area contributed by atoms with Crippen LogP contribution in [0, 0.1) is 19.3 Å². The lowest BCUT2D eigenvalue weighted by Crippen LogP contribution is -2.27. The van der Waals surface area contributed by atoms with E-state index in [4.69, 9.17) is 11.6 Å². The number of aryl methyl sites for hydroxylation is 1. The van der Waals surface area contributed by atoms with Crippen LogP contribution in [0.4, 0.5) is 11.4 Å². The standard InChI is InChI=1S/C21H31N3O/c1-13-7-8-15(11-16(13)12-25)19(21(3,4)5)17-9-10-18(24(6)23)20(22)14(17)2/h7-11,19,25H,12,22-23H2,1-6H3. The molecule has 0 spiro atoms. The highest BCUT2D eigenvalue weighted by Gasteiger charge is 2.30. The fourth-order valence-electron chi connectivity index (χ4n) is 3.54. The van der Waals surface area contributed by atoms with Gasteiger partial charge < -0.3 is 15.8 Å². The van der Waals surface area contributed by atoms with Gasteiger partial charge in [0.05, 0.1) is 18.0 Å². The van der Waals surface area contributed by atoms with E-state index in [2.05, 4.69) is 52.0 Å². The second-order valence-corrected chi connectivity index (χ2v) is 7.97. The van der Waals surface area contributed by atoms with Gasteiger partial charge in [0.1, 0.15) is 0 Å². The molecule has 0 saturated heterocycles. The third kappa shape index (κ3) is 3.80. The van der Waals surface area contributed by atoms with Crippen LogP contribution in [0.1, 0.15) is 54.5 Å². The quantitative estimate of drug-likeness (QED) is 0.448. The molecular formula is C21H31N3O. The van der Waals surface area contributed by atoms with Gasteiger partial charge in [0.25, 0.3) is 0 Å². The van der Waals surface area contributed by atoms with Gasteiger partial charge in [-0.25, -0.2) is 5.84 Å². The van der Waals surface area contributed by atoms with Crippen LogP contribution in [0.3, 0.4) is 0 Å². The zero-order chi connectivity index (χ0) is 18.9. The number of hydrazine groups is 1. The van der Waals surface area contributed by atoms with Gasteiger partial charge in [0.15, 0.2) is 0 Å². The van der Waals surface area contributed by atoms with E-state index in [9.17, 15) is 5.11 Å². The van der Waals surface area contributed by atoms with E-state index >= 15 is 0 Å². The number of rotatable bonds is 4. The molecule has 0 fully saturated rings. The summed E-state index contributed by atoms with van der Waals surface area (Å²) in [5, 5.41) is 11.2. The molecule has 0 aromatic heterocycles. The van der Waals surface area contributed by atoms with Gasteiger partial charge in [-0.1, -0.05) is 45.0 Å². The largest absolute Gasteiger partial charge is 0.397 e. The first-order valence-corrected chi connectivity index (χ1v) is 8.65. The van der Waals surface area contributed by atoms with Crippen LogP contribution in [0.25, 0.3) is 0 Å². The Hall–Kier alpha value is -2.04. The third-order valence-electron chi connectivity index (χ3n) is 4.97. The molecule has 0 aliphatic carbocycles. The summed E-state index contributed by atoms with van der Waals surface area (Å²) in [6.07, 6.45) is 0. The number of nitrogens with zero attached hydrogens (tertiary/aromatic N) is 1. The Morgan fingerprint density at radius 1 is 1.12 bits per heavy atom. The van der Waals surface area contributed by atoms with Gasteiger partial charge in [-0.3, -0.25) is 0 Å². The SMILES string of the molecule is Cc1ccc(C(c2ccc(N(C)N)c(N)c2C)C(C)(C)C)cc1CO. The minimum Gasteiger partial charge on any atom is -0.397 e. The number of nitrogen functional groups attached to an aromatic ring is 1. The molecule has 4 heteroatoms. The van der Waals surface area contributed by atoms with Gasteiger partial charge in [0, 0.05) is 13.0 Å². The minimum absolute atomic E-state index is 0.00465. The molecule has 5 N–H and O–H groups in total. The first-order chi connectivity index (χ1) is 11.6. The maximum absolute atomic E-state index is 9.65. The van der Waals surface area contributed by atoms with Gasteiger partial charge in [-0.2, -0.15) is 0 Å². The first kappa shape index (κ1) is 19.3. The second-order valence-electron chi connectivity index (χ2n) is 7.97. The van der Waals surface area contributed by atoms with Crippen molar-refractivity contribution in [3.8, 4) is 0 Å². The van der Waals surface area contributed by atoms with Gasteiger partial charge in [-0.05, 0) is 53.1 Å². The Balaban J connectivity index is 2.67. The van der Waals surface area contributed by atoms with Crippen LogP contribution in [0.15, 0.2) is 30.3 Å². The van der Waals surface area contributed by atoms with Crippen molar-refractivity contribution in [1.29, 1.82) is 0 Å². The molecular weight excluding hydrogens is 310 g/mol. The summed E-state index contributed by atoms with van der Waals surface area (Å²) in [7, 11) is 1.79. The van der Waals surface area contributed by atoms with Crippen LogP contribution in [-0.2, 0) is 6.61 Å². The summed E-state index contributed by atoms with van der Waals surface area (Å²) in [5.74, 6) is 6.05. The van der Waals surface area contributed by atoms with Crippen molar-refractivity contribution in [3.63, 3.8) is 0 Å². The number of nitrogens with two attached hydrogens (primary N) is 2. The third-order valence-corrected chi connectivity index (χ3v) is 4.97. The highest BCUT2D eigenvalue weighted by atomic mass is 16.3. The molecule has 136 valence electrons. The lowest BCUT2D eigenvalue weighted by Gasteiger charge is -2.34. The maximum atomic E-state index is 9.65. The summed E-state index contributed by atoms with van der Waals surface area (Å²) in [4.78, 5) is 0. The maximum Gasteiger partial charge on any atom is 0.0746 e. The zero-order valence-corrected chi connectivity index (χ0v) is 16.2. The summed E-state index contributed by atoms with van der Waals surface area (Å²) >= 11 is 0. The van der Waals surface area contributed by atoms with Crippen molar-refractivity contribution >= 4 is 11.4 Å². The highest BCUT2D eigenvalue weighted by molar-refractivity contribution is 5.72. The van der Waals surface area contributed by atoms with E-state index in [1.165, 1.54) is 11.1 Å². The predicted octanol–water partition coefficient (Wildman–Crippen LogP) is 3.87. The highest BCUT2D eigenvalue weighted by Crippen LogP contribution is 2.44. The second kappa shape index (κ2) is 7.06. The number of benzene rings is 2. The molecule has 0 saturated carbocycles. The van der Waals surface area contributed by atoms with Crippen LogP contribution in [-0.4, -0.2) is 12.2 Å². The van der Waals surface area contributed by atoms with Crippen molar-refractivity contribution in [2.75, 3.05) is 17.8 Å². The summed E-state index contributed by atoms with van der Waals surface area (Å²) in [6.45, 7) is 10.8. The smallest absolute Gasteiger partial charge is 0.0746 e. The average molecular weight is 341 g/mol. The molecule has 25 heavy (non-hydrogen) atoms. The van der Waals surface area contributed by atoms with E-state index in [0.717, 1.165) is 22.4 Å². The monoisotopic (exact) mass is 341 g/mol. The first-order valence-electron chi connectivity index (χ1n) is 8.65. The van der Waals surface area contributed by atoms with Crippen LogP contribution >= 0.6 is 0 Å². The molecule has 0 heterocycles. The lowest BCUT2D eigenvalue weighted by atomic mass is 9.71. The molecule has 0 amide bonds. The number of aliphatic hydroxyl groups excluding tert-OH is 1. The average Bonchev–Trinajstić information content (AvgIpc) is 2.51. The number of anilines is 2. The molecule has 0 aliphatic heterocycles. The van der Waals surface area contributed by atoms with Crippen LogP contribution in [0.5, 0.6) is 0 Å². The fourth-order valence-corrected chi connectivity index (χ4v) is 3.54. The summed E-state index contributed by atoms with van der Waals surface area (Å²) in [5.41, 5.74) is 13.4. The Morgan fingerprint density at radius 3 is 2.28 bits per heavy atom. The molecule has 1 atom stereocenters. The predicted molar refractivity (Wildman–Crippen MR) is 107 cm³/mol. The molecule has 4 nitrogen and oxygen atoms in total. The molecule has 0 bridgehead atoms. The molecule has 1 unspecified atom stereocenters. The van der Waals surface area contributed by atoms with E-state index in [0.29, 0.717) is 5.69 Å². The van der Waals surface area contributed by atoms with Crippen molar-refractivity contribution in [2.45, 2.75) is 47.1 Å². The van der Waals surface area contributed by atoms with Crippen molar-refractivity contribution in [1.82, 2.24) is 0 Å². The lowest BCUT2D eigenvalue weighted by molar-refractivity contribution is 0.280.